The van der Waals surface area contributed by atoms with Crippen molar-refractivity contribution in [3.8, 4) is 11.3 Å². The Morgan fingerprint density at radius 3 is 2.53 bits per heavy atom. The van der Waals surface area contributed by atoms with Gasteiger partial charge in [0.05, 0.1) is 5.39 Å². The van der Waals surface area contributed by atoms with Crippen LogP contribution in [0.15, 0.2) is 67.0 Å². The summed E-state index contributed by atoms with van der Waals surface area (Å²) in [5.41, 5.74) is 5.82. The number of benzene rings is 2. The fraction of sp³-hybridized carbons (Fsp3) is 0.231. The van der Waals surface area contributed by atoms with Crippen molar-refractivity contribution >= 4 is 28.7 Å². The summed E-state index contributed by atoms with van der Waals surface area (Å²) in [6, 6.07) is 19.6. The average Bonchev–Trinajstić information content (AvgIpc) is 3.36. The molecule has 1 atom stereocenters. The lowest BCUT2D eigenvalue weighted by Gasteiger charge is -2.15. The van der Waals surface area contributed by atoms with Crippen molar-refractivity contribution < 1.29 is 14.8 Å². The topological polar surface area (TPSA) is 144 Å². The summed E-state index contributed by atoms with van der Waals surface area (Å²) in [5.74, 6) is 0.115. The molecule has 6 N–H and O–H groups in total. The number of aromatic amines is 1. The van der Waals surface area contributed by atoms with Crippen LogP contribution in [-0.4, -0.2) is 51.6 Å². The first-order chi connectivity index (χ1) is 17.5. The van der Waals surface area contributed by atoms with Crippen LogP contribution in [0.4, 0.5) is 5.82 Å². The minimum atomic E-state index is -0.456. The van der Waals surface area contributed by atoms with Crippen molar-refractivity contribution in [3.63, 3.8) is 0 Å². The van der Waals surface area contributed by atoms with Crippen molar-refractivity contribution in [2.45, 2.75) is 19.4 Å². The molecule has 10 nitrogen and oxygen atoms in total. The van der Waals surface area contributed by atoms with E-state index in [4.69, 9.17) is 5.21 Å². The number of hydrogen-bond donors (Lipinski definition) is 6. The molecule has 0 radical (unpaired) electrons. The van der Waals surface area contributed by atoms with E-state index in [0.717, 1.165) is 28.1 Å². The highest BCUT2D eigenvalue weighted by atomic mass is 16.5. The van der Waals surface area contributed by atoms with E-state index < -0.39 is 5.91 Å². The number of carbonyl (C=O) groups excluding carboxylic acids is 2. The Morgan fingerprint density at radius 1 is 1.00 bits per heavy atom. The predicted molar refractivity (Wildman–Crippen MR) is 138 cm³/mol. The third-order valence-electron chi connectivity index (χ3n) is 5.78. The summed E-state index contributed by atoms with van der Waals surface area (Å²) in [6.45, 7) is 3.43. The highest BCUT2D eigenvalue weighted by Crippen LogP contribution is 2.29. The molecule has 2 amide bonds. The summed E-state index contributed by atoms with van der Waals surface area (Å²) in [7, 11) is 0. The van der Waals surface area contributed by atoms with E-state index in [1.54, 1.807) is 17.6 Å². The Morgan fingerprint density at radius 2 is 1.78 bits per heavy atom. The number of fused-ring (bicyclic) bond motifs is 1. The second kappa shape index (κ2) is 11.9. The van der Waals surface area contributed by atoms with Crippen LogP contribution in [0.5, 0.6) is 0 Å². The zero-order valence-corrected chi connectivity index (χ0v) is 19.9. The predicted octanol–water partition coefficient (Wildman–Crippen LogP) is 3.01. The van der Waals surface area contributed by atoms with Crippen LogP contribution in [0.1, 0.15) is 35.3 Å². The van der Waals surface area contributed by atoms with Crippen LogP contribution in [-0.2, 0) is 4.79 Å². The minimum absolute atomic E-state index is 0.0793. The van der Waals surface area contributed by atoms with Gasteiger partial charge in [-0.15, -0.1) is 0 Å². The number of nitrogens with one attached hydrogen (secondary N) is 5. The van der Waals surface area contributed by atoms with Gasteiger partial charge in [0.2, 0.25) is 5.91 Å². The standard InChI is InChI=1S/C26H29N7O3/c1-17(18-5-3-2-4-6-18)31-24-21-15-22(32-25(21)30-16-29-24)19-7-9-20(10-8-19)26(35)28-14-13-27-12-11-23(34)33-36/h2-10,15-17,27,36H,11-14H2,1H3,(H,28,35)(H,33,34)(H2,29,30,31,32). The van der Waals surface area contributed by atoms with E-state index in [1.807, 2.05) is 36.4 Å². The number of rotatable bonds is 11. The molecule has 0 aliphatic heterocycles. The normalized spacial score (nSPS) is 11.7. The lowest BCUT2D eigenvalue weighted by atomic mass is 10.1. The van der Waals surface area contributed by atoms with Crippen LogP contribution < -0.4 is 21.4 Å². The Bertz CT molecular complexity index is 1310. The summed E-state index contributed by atoms with van der Waals surface area (Å²) in [4.78, 5) is 35.5. The molecule has 1 unspecified atom stereocenters. The second-order valence-corrected chi connectivity index (χ2v) is 8.31. The van der Waals surface area contributed by atoms with E-state index in [9.17, 15) is 9.59 Å². The molecule has 2 heterocycles. The fourth-order valence-corrected chi connectivity index (χ4v) is 3.79. The molecule has 4 aromatic rings. The van der Waals surface area contributed by atoms with E-state index >= 15 is 0 Å². The minimum Gasteiger partial charge on any atom is -0.363 e. The van der Waals surface area contributed by atoms with Crippen LogP contribution in [0.3, 0.4) is 0 Å². The Kier molecular flexibility index (Phi) is 8.22. The highest BCUT2D eigenvalue weighted by molar-refractivity contribution is 5.95. The van der Waals surface area contributed by atoms with Gasteiger partial charge in [0, 0.05) is 43.4 Å². The van der Waals surface area contributed by atoms with Gasteiger partial charge in [-0.2, -0.15) is 0 Å². The Balaban J connectivity index is 1.37. The molecule has 186 valence electrons. The first-order valence-electron chi connectivity index (χ1n) is 11.7. The summed E-state index contributed by atoms with van der Waals surface area (Å²) in [6.07, 6.45) is 1.70. The lowest BCUT2D eigenvalue weighted by molar-refractivity contribution is -0.129. The molecule has 2 aromatic carbocycles. The second-order valence-electron chi connectivity index (χ2n) is 8.31. The monoisotopic (exact) mass is 487 g/mol. The molecule has 10 heteroatoms. The number of H-pyrrole nitrogens is 1. The molecule has 0 saturated carbocycles. The maximum atomic E-state index is 12.4. The van der Waals surface area contributed by atoms with Crippen molar-refractivity contribution in [3.05, 3.63) is 78.1 Å². The molecule has 0 saturated heterocycles. The van der Waals surface area contributed by atoms with Crippen molar-refractivity contribution in [2.75, 3.05) is 25.0 Å². The Hall–Kier alpha value is -4.28. The fourth-order valence-electron chi connectivity index (χ4n) is 3.79. The molecule has 0 fully saturated rings. The van der Waals surface area contributed by atoms with Gasteiger partial charge in [0.25, 0.3) is 5.91 Å². The summed E-state index contributed by atoms with van der Waals surface area (Å²) >= 11 is 0. The van der Waals surface area contributed by atoms with Gasteiger partial charge >= 0.3 is 0 Å². The highest BCUT2D eigenvalue weighted by Gasteiger charge is 2.13. The van der Waals surface area contributed by atoms with Crippen LogP contribution in [0, 0.1) is 0 Å². The smallest absolute Gasteiger partial charge is 0.251 e. The van der Waals surface area contributed by atoms with Gasteiger partial charge in [0.15, 0.2) is 0 Å². The van der Waals surface area contributed by atoms with Crippen molar-refractivity contribution in [1.29, 1.82) is 0 Å². The maximum absolute atomic E-state index is 12.4. The average molecular weight is 488 g/mol. The number of carbonyl (C=O) groups is 2. The summed E-state index contributed by atoms with van der Waals surface area (Å²) < 4.78 is 0. The third kappa shape index (κ3) is 6.23. The third-order valence-corrected chi connectivity index (χ3v) is 5.78. The molecule has 0 spiro atoms. The molecular weight excluding hydrogens is 458 g/mol. The number of hydroxylamine groups is 1. The molecular formula is C26H29N7O3. The van der Waals surface area contributed by atoms with Crippen molar-refractivity contribution in [2.24, 2.45) is 0 Å². The number of amides is 2. The zero-order valence-electron chi connectivity index (χ0n) is 19.9. The van der Waals surface area contributed by atoms with Crippen LogP contribution >= 0.6 is 0 Å². The largest absolute Gasteiger partial charge is 0.363 e. The van der Waals surface area contributed by atoms with E-state index in [1.165, 1.54) is 11.9 Å². The van der Waals surface area contributed by atoms with Gasteiger partial charge in [0.1, 0.15) is 17.8 Å². The van der Waals surface area contributed by atoms with Gasteiger partial charge in [-0.25, -0.2) is 15.4 Å². The summed E-state index contributed by atoms with van der Waals surface area (Å²) in [5, 5.41) is 18.7. The van der Waals surface area contributed by atoms with Gasteiger partial charge in [-0.05, 0) is 36.2 Å². The number of nitrogens with zero attached hydrogens (tertiary/aromatic N) is 2. The van der Waals surface area contributed by atoms with E-state index in [0.29, 0.717) is 25.2 Å². The molecule has 0 aliphatic carbocycles. The van der Waals surface area contributed by atoms with Gasteiger partial charge in [-0.1, -0.05) is 42.5 Å². The zero-order chi connectivity index (χ0) is 25.3. The first kappa shape index (κ1) is 24.8. The van der Waals surface area contributed by atoms with E-state index in [-0.39, 0.29) is 18.4 Å². The molecule has 4 rings (SSSR count). The molecule has 0 aliphatic rings. The first-order valence-corrected chi connectivity index (χ1v) is 11.7. The number of hydrogen-bond acceptors (Lipinski definition) is 7. The maximum Gasteiger partial charge on any atom is 0.251 e. The van der Waals surface area contributed by atoms with Crippen LogP contribution in [0.2, 0.25) is 0 Å². The quantitative estimate of drug-likeness (QED) is 0.108. The molecule has 2 aromatic heterocycles. The SMILES string of the molecule is CC(Nc1ncnc2[nH]c(-c3ccc(C(=O)NCCNCCC(=O)NO)cc3)cc12)c1ccccc1. The molecule has 36 heavy (non-hydrogen) atoms. The number of anilines is 1. The van der Waals surface area contributed by atoms with Crippen LogP contribution in [0.25, 0.3) is 22.3 Å². The Labute approximate surface area is 208 Å². The lowest BCUT2D eigenvalue weighted by Crippen LogP contribution is -2.33. The van der Waals surface area contributed by atoms with E-state index in [2.05, 4.69) is 50.0 Å². The van der Waals surface area contributed by atoms with Crippen molar-refractivity contribution in [1.82, 2.24) is 31.1 Å². The van der Waals surface area contributed by atoms with Gasteiger partial charge in [-0.3, -0.25) is 14.8 Å². The van der Waals surface area contributed by atoms with Gasteiger partial charge < -0.3 is 20.9 Å². The molecule has 0 bridgehead atoms. The number of aromatic nitrogens is 3.